The summed E-state index contributed by atoms with van der Waals surface area (Å²) in [6.45, 7) is 2.02. The fraction of sp³-hybridized carbons (Fsp3) is 0.400. The first-order valence-electron chi connectivity index (χ1n) is 5.65. The molecule has 1 fully saturated rings. The van der Waals surface area contributed by atoms with Crippen molar-refractivity contribution in [2.75, 3.05) is 7.11 Å². The minimum Gasteiger partial charge on any atom is -0.360 e. The molecule has 0 unspecified atom stereocenters. The van der Waals surface area contributed by atoms with Crippen LogP contribution in [0.2, 0.25) is 0 Å². The first kappa shape index (κ1) is 11.7. The van der Waals surface area contributed by atoms with E-state index in [-0.39, 0.29) is 0 Å². The van der Waals surface area contributed by atoms with Crippen LogP contribution in [-0.2, 0) is 10.3 Å². The summed E-state index contributed by atoms with van der Waals surface area (Å²) in [5.74, 6) is 2.71. The van der Waals surface area contributed by atoms with Gasteiger partial charge in [0.15, 0.2) is 5.60 Å². The molecule has 1 aromatic rings. The predicted molar refractivity (Wildman–Crippen MR) is 66.0 cm³/mol. The van der Waals surface area contributed by atoms with E-state index in [0.717, 1.165) is 24.0 Å². The predicted octanol–water partition coefficient (Wildman–Crippen LogP) is 2.77. The molecule has 1 aliphatic rings. The first-order chi connectivity index (χ1) is 8.14. The molecule has 0 aromatic heterocycles. The summed E-state index contributed by atoms with van der Waals surface area (Å²) >= 11 is 0. The van der Waals surface area contributed by atoms with E-state index < -0.39 is 11.0 Å². The number of rotatable bonds is 3. The maximum atomic E-state index is 9.34. The lowest BCUT2D eigenvalue weighted by molar-refractivity contribution is -0.00565. The second-order valence-corrected chi connectivity index (χ2v) is 4.59. The lowest BCUT2D eigenvalue weighted by Gasteiger charge is -2.32. The lowest BCUT2D eigenvalue weighted by atomic mass is 9.79. The van der Waals surface area contributed by atoms with Gasteiger partial charge in [0.1, 0.15) is 5.41 Å². The minimum atomic E-state index is -0.907. The van der Waals surface area contributed by atoms with Crippen LogP contribution in [0.15, 0.2) is 24.3 Å². The van der Waals surface area contributed by atoms with Crippen molar-refractivity contribution in [2.24, 2.45) is 5.41 Å². The number of hydrogen-bond donors (Lipinski definition) is 0. The van der Waals surface area contributed by atoms with Crippen LogP contribution in [0.5, 0.6) is 0 Å². The van der Waals surface area contributed by atoms with Gasteiger partial charge < -0.3 is 4.74 Å². The molecule has 0 amide bonds. The van der Waals surface area contributed by atoms with Crippen molar-refractivity contribution in [1.82, 2.24) is 0 Å². The molecular weight excluding hydrogens is 210 g/mol. The van der Waals surface area contributed by atoms with E-state index in [2.05, 4.69) is 12.0 Å². The molecule has 0 saturated heterocycles. The highest BCUT2D eigenvalue weighted by molar-refractivity contribution is 5.42. The third-order valence-corrected chi connectivity index (χ3v) is 3.61. The average Bonchev–Trinajstić information content (AvgIpc) is 3.15. The average molecular weight is 225 g/mol. The Kier molecular flexibility index (Phi) is 2.69. The van der Waals surface area contributed by atoms with Gasteiger partial charge in [-0.25, -0.2) is 0 Å². The van der Waals surface area contributed by atoms with E-state index in [1.165, 1.54) is 0 Å². The number of methoxy groups -OCH3 is 1. The Balaban J connectivity index is 2.54. The summed E-state index contributed by atoms with van der Waals surface area (Å²) in [5, 5.41) is 9.34. The molecule has 0 N–H and O–H groups in total. The number of nitrogens with zero attached hydrogens (tertiary/aromatic N) is 1. The van der Waals surface area contributed by atoms with Crippen molar-refractivity contribution >= 4 is 0 Å². The molecule has 0 spiro atoms. The molecule has 2 nitrogen and oxygen atoms in total. The van der Waals surface area contributed by atoms with Crippen LogP contribution in [0.25, 0.3) is 0 Å². The Morgan fingerprint density at radius 1 is 1.35 bits per heavy atom. The van der Waals surface area contributed by atoms with Crippen molar-refractivity contribution in [2.45, 2.75) is 25.4 Å². The van der Waals surface area contributed by atoms with Crippen molar-refractivity contribution in [3.63, 3.8) is 0 Å². The van der Waals surface area contributed by atoms with Gasteiger partial charge in [-0.3, -0.25) is 0 Å². The van der Waals surface area contributed by atoms with E-state index in [4.69, 9.17) is 11.2 Å². The summed E-state index contributed by atoms with van der Waals surface area (Å²) < 4.78 is 5.57. The van der Waals surface area contributed by atoms with Crippen LogP contribution < -0.4 is 0 Å². The summed E-state index contributed by atoms with van der Waals surface area (Å²) in [4.78, 5) is 0. The van der Waals surface area contributed by atoms with Crippen molar-refractivity contribution in [3.8, 4) is 18.4 Å². The molecule has 86 valence electrons. The van der Waals surface area contributed by atoms with Crippen LogP contribution in [-0.4, -0.2) is 7.11 Å². The number of nitriles is 1. The smallest absolute Gasteiger partial charge is 0.171 e. The van der Waals surface area contributed by atoms with Crippen LogP contribution in [0.4, 0.5) is 0 Å². The van der Waals surface area contributed by atoms with Gasteiger partial charge in [0, 0.05) is 7.11 Å². The molecule has 1 atom stereocenters. The Bertz CT molecular complexity index is 499. The van der Waals surface area contributed by atoms with Gasteiger partial charge in [0.25, 0.3) is 0 Å². The number of benzene rings is 1. The number of terminal acetylenes is 1. The van der Waals surface area contributed by atoms with E-state index in [1.54, 1.807) is 7.11 Å². The lowest BCUT2D eigenvalue weighted by Crippen LogP contribution is -2.36. The highest BCUT2D eigenvalue weighted by Crippen LogP contribution is 2.59. The summed E-state index contributed by atoms with van der Waals surface area (Å²) in [6, 6.07) is 10.2. The Morgan fingerprint density at radius 2 is 1.94 bits per heavy atom. The Morgan fingerprint density at radius 3 is 2.29 bits per heavy atom. The second kappa shape index (κ2) is 3.91. The zero-order chi connectivity index (χ0) is 12.5. The van der Waals surface area contributed by atoms with E-state index in [9.17, 15) is 5.26 Å². The van der Waals surface area contributed by atoms with Gasteiger partial charge in [-0.2, -0.15) is 5.26 Å². The van der Waals surface area contributed by atoms with Gasteiger partial charge in [-0.1, -0.05) is 35.7 Å². The maximum Gasteiger partial charge on any atom is 0.171 e. The van der Waals surface area contributed by atoms with Crippen molar-refractivity contribution in [3.05, 3.63) is 35.4 Å². The van der Waals surface area contributed by atoms with Gasteiger partial charge in [0.05, 0.1) is 6.07 Å². The zero-order valence-electron chi connectivity index (χ0n) is 10.2. The summed E-state index contributed by atoms with van der Waals surface area (Å²) in [6.07, 6.45) is 7.27. The molecule has 17 heavy (non-hydrogen) atoms. The molecule has 0 bridgehead atoms. The molecule has 1 aliphatic carbocycles. The molecule has 0 aliphatic heterocycles. The van der Waals surface area contributed by atoms with Crippen LogP contribution in [0.1, 0.15) is 24.0 Å². The van der Waals surface area contributed by atoms with Crippen LogP contribution in [0.3, 0.4) is 0 Å². The molecule has 2 rings (SSSR count). The number of aryl methyl sites for hydroxylation is 1. The largest absolute Gasteiger partial charge is 0.360 e. The Labute approximate surface area is 102 Å². The SMILES string of the molecule is C#C[C@](OC)(c1ccc(C)cc1)C1(C#N)CC1. The van der Waals surface area contributed by atoms with E-state index >= 15 is 0 Å². The fourth-order valence-corrected chi connectivity index (χ4v) is 2.33. The summed E-state index contributed by atoms with van der Waals surface area (Å²) in [5.41, 5.74) is 0.603. The molecule has 2 heteroatoms. The van der Waals surface area contributed by atoms with Crippen LogP contribution in [0, 0.1) is 36.0 Å². The molecule has 1 saturated carbocycles. The molecule has 0 heterocycles. The molecular formula is C15H15NO. The third kappa shape index (κ3) is 1.54. The highest BCUT2D eigenvalue weighted by Gasteiger charge is 2.61. The van der Waals surface area contributed by atoms with Gasteiger partial charge >= 0.3 is 0 Å². The monoisotopic (exact) mass is 225 g/mol. The molecule has 1 aromatic carbocycles. The normalized spacial score (nSPS) is 19.8. The number of hydrogen-bond acceptors (Lipinski definition) is 2. The Hall–Kier alpha value is -1.77. The fourth-order valence-electron chi connectivity index (χ4n) is 2.33. The topological polar surface area (TPSA) is 33.0 Å². The second-order valence-electron chi connectivity index (χ2n) is 4.59. The first-order valence-corrected chi connectivity index (χ1v) is 5.65. The van der Waals surface area contributed by atoms with E-state index in [0.29, 0.717) is 0 Å². The van der Waals surface area contributed by atoms with Gasteiger partial charge in [-0.05, 0) is 25.3 Å². The van der Waals surface area contributed by atoms with Crippen LogP contribution >= 0.6 is 0 Å². The third-order valence-electron chi connectivity index (χ3n) is 3.61. The van der Waals surface area contributed by atoms with Gasteiger partial charge in [0.2, 0.25) is 0 Å². The molecule has 0 radical (unpaired) electrons. The maximum absolute atomic E-state index is 9.34. The number of ether oxygens (including phenoxy) is 1. The minimum absolute atomic E-state index is 0.550. The van der Waals surface area contributed by atoms with Gasteiger partial charge in [-0.15, -0.1) is 6.42 Å². The highest BCUT2D eigenvalue weighted by atomic mass is 16.5. The van der Waals surface area contributed by atoms with Crippen molar-refractivity contribution in [1.29, 1.82) is 5.26 Å². The quantitative estimate of drug-likeness (QED) is 0.741. The zero-order valence-corrected chi connectivity index (χ0v) is 10.2. The summed E-state index contributed by atoms with van der Waals surface area (Å²) in [7, 11) is 1.58. The van der Waals surface area contributed by atoms with Crippen molar-refractivity contribution < 1.29 is 4.74 Å². The standard InChI is InChI=1S/C15H15NO/c1-4-15(17-3,14(11-16)9-10-14)13-7-5-12(2)6-8-13/h1,5-8H,9-10H2,2-3H3/t15-/m0/s1. The van der Waals surface area contributed by atoms with E-state index in [1.807, 2.05) is 31.2 Å².